The number of hydrogen-bond donors (Lipinski definition) is 0. The first-order valence-corrected chi connectivity index (χ1v) is 12.1. The molecule has 172 valence electrons. The van der Waals surface area contributed by atoms with Gasteiger partial charge in [-0.1, -0.05) is 60.2 Å². The quantitative estimate of drug-likeness (QED) is 0.249. The standard InChI is InChI=1S/C33H25N2O/c1-21-8-6-9-23(18-21)24-10-7-11-25(19-24)31-26(20-34)14-16-28-27-15-13-22(2)30(32(27)36-33(28)31)29-12-4-5-17-35(29)3/h4-19H,1-3H3/q+1. The third-order valence-electron chi connectivity index (χ3n) is 6.95. The van der Waals surface area contributed by atoms with Crippen molar-refractivity contribution in [1.82, 2.24) is 0 Å². The highest BCUT2D eigenvalue weighted by atomic mass is 16.3. The molecule has 0 amide bonds. The number of fused-ring (bicyclic) bond motifs is 3. The fourth-order valence-electron chi connectivity index (χ4n) is 5.16. The number of nitrogens with zero attached hydrogens (tertiary/aromatic N) is 2. The van der Waals surface area contributed by atoms with E-state index >= 15 is 0 Å². The van der Waals surface area contributed by atoms with Gasteiger partial charge in [-0.15, -0.1) is 0 Å². The molecule has 0 saturated carbocycles. The van der Waals surface area contributed by atoms with Crippen LogP contribution in [0.25, 0.3) is 55.4 Å². The largest absolute Gasteiger partial charge is 0.454 e. The Balaban J connectivity index is 1.65. The van der Waals surface area contributed by atoms with E-state index in [-0.39, 0.29) is 0 Å². The van der Waals surface area contributed by atoms with Crippen molar-refractivity contribution in [3.8, 4) is 39.6 Å². The molecule has 0 radical (unpaired) electrons. The van der Waals surface area contributed by atoms with Gasteiger partial charge in [0.05, 0.1) is 17.2 Å². The lowest BCUT2D eigenvalue weighted by Crippen LogP contribution is -2.30. The highest BCUT2D eigenvalue weighted by Gasteiger charge is 2.23. The lowest BCUT2D eigenvalue weighted by molar-refractivity contribution is -0.660. The minimum Gasteiger partial charge on any atom is -0.454 e. The maximum absolute atomic E-state index is 10.1. The van der Waals surface area contributed by atoms with E-state index in [0.29, 0.717) is 5.56 Å². The van der Waals surface area contributed by atoms with E-state index in [1.54, 1.807) is 0 Å². The molecule has 2 heterocycles. The number of nitriles is 1. The highest BCUT2D eigenvalue weighted by Crippen LogP contribution is 2.42. The van der Waals surface area contributed by atoms with Gasteiger partial charge in [0.25, 0.3) is 0 Å². The monoisotopic (exact) mass is 465 g/mol. The van der Waals surface area contributed by atoms with E-state index in [2.05, 4.69) is 91.2 Å². The number of benzene rings is 4. The molecule has 3 heteroatoms. The van der Waals surface area contributed by atoms with Crippen LogP contribution in [0.2, 0.25) is 0 Å². The summed E-state index contributed by atoms with van der Waals surface area (Å²) >= 11 is 0. The van der Waals surface area contributed by atoms with E-state index in [0.717, 1.165) is 61.0 Å². The summed E-state index contributed by atoms with van der Waals surface area (Å²) < 4.78 is 8.82. The van der Waals surface area contributed by atoms with Crippen LogP contribution in [0.4, 0.5) is 0 Å². The zero-order valence-electron chi connectivity index (χ0n) is 20.5. The molecule has 6 aromatic rings. The maximum Gasteiger partial charge on any atom is 0.216 e. The normalized spacial score (nSPS) is 11.2. The molecule has 0 saturated heterocycles. The first-order valence-electron chi connectivity index (χ1n) is 12.1. The van der Waals surface area contributed by atoms with Crippen LogP contribution < -0.4 is 4.57 Å². The summed E-state index contributed by atoms with van der Waals surface area (Å²) in [6, 6.07) is 33.6. The van der Waals surface area contributed by atoms with Crippen molar-refractivity contribution in [1.29, 1.82) is 5.26 Å². The second-order valence-electron chi connectivity index (χ2n) is 9.36. The second-order valence-corrected chi connectivity index (χ2v) is 9.36. The predicted octanol–water partition coefficient (Wildman–Crippen LogP) is 7.90. The molecule has 0 unspecified atom stereocenters. The molecule has 0 atom stereocenters. The Labute approximate surface area is 210 Å². The molecule has 4 aromatic carbocycles. The summed E-state index contributed by atoms with van der Waals surface area (Å²) in [5.74, 6) is 0. The van der Waals surface area contributed by atoms with Gasteiger partial charge in [0.1, 0.15) is 18.2 Å². The van der Waals surface area contributed by atoms with E-state index < -0.39 is 0 Å². The van der Waals surface area contributed by atoms with Gasteiger partial charge in [0.15, 0.2) is 6.20 Å². The second kappa shape index (κ2) is 8.52. The van der Waals surface area contributed by atoms with Gasteiger partial charge < -0.3 is 4.42 Å². The smallest absolute Gasteiger partial charge is 0.216 e. The average molecular weight is 466 g/mol. The first-order chi connectivity index (χ1) is 17.5. The van der Waals surface area contributed by atoms with Crippen LogP contribution in [-0.2, 0) is 7.05 Å². The molecular formula is C33H25N2O+. The van der Waals surface area contributed by atoms with Crippen LogP contribution >= 0.6 is 0 Å². The summed E-state index contributed by atoms with van der Waals surface area (Å²) in [6.45, 7) is 4.21. The SMILES string of the molecule is Cc1cccc(-c2cccc(-c3c(C#N)ccc4c3oc3c(-c5cccc[n+]5C)c(C)ccc34)c2)c1. The molecule has 0 aliphatic carbocycles. The molecule has 0 aliphatic rings. The number of aromatic nitrogens is 1. The third-order valence-corrected chi connectivity index (χ3v) is 6.95. The summed E-state index contributed by atoms with van der Waals surface area (Å²) in [7, 11) is 2.05. The van der Waals surface area contributed by atoms with E-state index in [1.165, 1.54) is 5.56 Å². The molecule has 2 aromatic heterocycles. The maximum atomic E-state index is 10.1. The van der Waals surface area contributed by atoms with E-state index in [4.69, 9.17) is 4.42 Å². The molecule has 0 N–H and O–H groups in total. The molecule has 36 heavy (non-hydrogen) atoms. The van der Waals surface area contributed by atoms with Crippen molar-refractivity contribution in [2.45, 2.75) is 13.8 Å². The van der Waals surface area contributed by atoms with Crippen molar-refractivity contribution >= 4 is 21.9 Å². The summed E-state index contributed by atoms with van der Waals surface area (Å²) in [5, 5.41) is 12.1. The number of pyridine rings is 1. The van der Waals surface area contributed by atoms with Gasteiger partial charge in [-0.05, 0) is 60.4 Å². The van der Waals surface area contributed by atoms with E-state index in [1.807, 2.05) is 37.5 Å². The van der Waals surface area contributed by atoms with Crippen molar-refractivity contribution in [3.05, 3.63) is 114 Å². The summed E-state index contributed by atoms with van der Waals surface area (Å²) in [4.78, 5) is 0. The lowest BCUT2D eigenvalue weighted by Gasteiger charge is -2.09. The predicted molar refractivity (Wildman–Crippen MR) is 145 cm³/mol. The van der Waals surface area contributed by atoms with Crippen LogP contribution in [0.15, 0.2) is 102 Å². The van der Waals surface area contributed by atoms with Crippen molar-refractivity contribution < 1.29 is 8.98 Å². The average Bonchev–Trinajstić information content (AvgIpc) is 3.27. The highest BCUT2D eigenvalue weighted by molar-refractivity contribution is 6.14. The molecule has 0 fully saturated rings. The molecular weight excluding hydrogens is 440 g/mol. The van der Waals surface area contributed by atoms with Crippen LogP contribution in [0, 0.1) is 25.2 Å². The fourth-order valence-corrected chi connectivity index (χ4v) is 5.16. The number of aryl methyl sites for hydroxylation is 3. The Bertz CT molecular complexity index is 1840. The molecule has 3 nitrogen and oxygen atoms in total. The van der Waals surface area contributed by atoms with Gasteiger partial charge in [-0.3, -0.25) is 0 Å². The number of rotatable bonds is 3. The van der Waals surface area contributed by atoms with Crippen molar-refractivity contribution in [2.24, 2.45) is 7.05 Å². The Hall–Kier alpha value is -4.68. The minimum absolute atomic E-state index is 0.603. The van der Waals surface area contributed by atoms with Gasteiger partial charge in [0.2, 0.25) is 5.69 Å². The van der Waals surface area contributed by atoms with Crippen molar-refractivity contribution in [2.75, 3.05) is 0 Å². The Morgan fingerprint density at radius 2 is 1.39 bits per heavy atom. The van der Waals surface area contributed by atoms with Crippen LogP contribution in [0.3, 0.4) is 0 Å². The fraction of sp³-hybridized carbons (Fsp3) is 0.0909. The van der Waals surface area contributed by atoms with Gasteiger partial charge >= 0.3 is 0 Å². The van der Waals surface area contributed by atoms with Crippen LogP contribution in [0.5, 0.6) is 0 Å². The minimum atomic E-state index is 0.603. The van der Waals surface area contributed by atoms with Crippen LogP contribution in [0.1, 0.15) is 16.7 Å². The number of furan rings is 1. The molecule has 0 bridgehead atoms. The summed E-state index contributed by atoms with van der Waals surface area (Å²) in [5.41, 5.74) is 10.8. The van der Waals surface area contributed by atoms with Gasteiger partial charge in [-0.2, -0.15) is 5.26 Å². The molecule has 0 aliphatic heterocycles. The van der Waals surface area contributed by atoms with Gasteiger partial charge in [0, 0.05) is 28.5 Å². The Kier molecular flexibility index (Phi) is 5.16. The topological polar surface area (TPSA) is 40.8 Å². The molecule has 0 spiro atoms. The number of hydrogen-bond acceptors (Lipinski definition) is 2. The van der Waals surface area contributed by atoms with Crippen LogP contribution in [-0.4, -0.2) is 0 Å². The zero-order chi connectivity index (χ0) is 24.8. The van der Waals surface area contributed by atoms with E-state index in [9.17, 15) is 5.26 Å². The van der Waals surface area contributed by atoms with Crippen molar-refractivity contribution in [3.63, 3.8) is 0 Å². The first kappa shape index (κ1) is 21.8. The Morgan fingerprint density at radius 1 is 0.694 bits per heavy atom. The Morgan fingerprint density at radius 3 is 2.14 bits per heavy atom. The third kappa shape index (κ3) is 3.47. The van der Waals surface area contributed by atoms with Gasteiger partial charge in [-0.25, -0.2) is 4.57 Å². The lowest BCUT2D eigenvalue weighted by atomic mass is 9.93. The molecule has 6 rings (SSSR count). The zero-order valence-corrected chi connectivity index (χ0v) is 20.5. The summed E-state index contributed by atoms with van der Waals surface area (Å²) in [6.07, 6.45) is 2.05.